The number of hydrogen-bond acceptors (Lipinski definition) is 8. The second-order valence-electron chi connectivity index (χ2n) is 13.4. The van der Waals surface area contributed by atoms with Crippen LogP contribution >= 0.6 is 0 Å². The van der Waals surface area contributed by atoms with Crippen LogP contribution in [0, 0.1) is 0 Å². The standard InChI is InChI=1S/2C18H34O4.Mg/c2*1-4-5-6-7-8-9-10-11-12-13-14-18(2,3)22-17(21)15-16(19)20;/h2*4-15H2,1-3H3,(H,19,20);/q;;+2/p-2. The molecule has 8 nitrogen and oxygen atoms in total. The van der Waals surface area contributed by atoms with E-state index in [0.717, 1.165) is 38.5 Å². The monoisotopic (exact) mass is 650 g/mol. The molecule has 0 aliphatic rings. The van der Waals surface area contributed by atoms with Gasteiger partial charge in [0, 0.05) is 0 Å². The van der Waals surface area contributed by atoms with Crippen LogP contribution in [0.5, 0.6) is 0 Å². The van der Waals surface area contributed by atoms with Gasteiger partial charge in [-0.15, -0.1) is 0 Å². The average molecular weight is 651 g/mol. The molecule has 0 bridgehead atoms. The summed E-state index contributed by atoms with van der Waals surface area (Å²) in [6.07, 6.45) is 25.5. The van der Waals surface area contributed by atoms with E-state index in [9.17, 15) is 29.4 Å². The molecule has 0 rings (SSSR count). The van der Waals surface area contributed by atoms with Crippen molar-refractivity contribution in [1.82, 2.24) is 0 Å². The summed E-state index contributed by atoms with van der Waals surface area (Å²) in [6.45, 7) is 11.8. The van der Waals surface area contributed by atoms with E-state index in [1.807, 2.05) is 27.7 Å². The Morgan fingerprint density at radius 1 is 0.444 bits per heavy atom. The van der Waals surface area contributed by atoms with Crippen LogP contribution in [0.4, 0.5) is 0 Å². The number of aliphatic carboxylic acids is 2. The van der Waals surface area contributed by atoms with Crippen molar-refractivity contribution in [3.05, 3.63) is 0 Å². The fourth-order valence-corrected chi connectivity index (χ4v) is 5.10. The molecule has 0 amide bonds. The van der Waals surface area contributed by atoms with Gasteiger partial charge >= 0.3 is 35.0 Å². The first-order valence-electron chi connectivity index (χ1n) is 17.6. The summed E-state index contributed by atoms with van der Waals surface area (Å²) in [7, 11) is 0. The van der Waals surface area contributed by atoms with Crippen molar-refractivity contribution in [3.63, 3.8) is 0 Å². The SMILES string of the molecule is CCCCCCCCCCCCC(C)(C)OC(=O)CC(=O)[O-].CCCCCCCCCCCCC(C)(C)OC(=O)CC(=O)[O-].[Mg+2]. The van der Waals surface area contributed by atoms with E-state index in [2.05, 4.69) is 13.8 Å². The normalized spacial score (nSPS) is 11.2. The first kappa shape index (κ1) is 48.0. The predicted octanol–water partition coefficient (Wildman–Crippen LogP) is 7.14. The van der Waals surface area contributed by atoms with Gasteiger partial charge in [-0.25, -0.2) is 0 Å². The minimum Gasteiger partial charge on any atom is -0.550 e. The zero-order valence-corrected chi connectivity index (χ0v) is 31.4. The number of carbonyl (C=O) groups is 4. The molecule has 0 spiro atoms. The molecule has 0 aliphatic heterocycles. The Kier molecular flexibility index (Phi) is 33.4. The van der Waals surface area contributed by atoms with E-state index >= 15 is 0 Å². The quantitative estimate of drug-likeness (QED) is 0.0378. The van der Waals surface area contributed by atoms with Gasteiger partial charge in [0.1, 0.15) is 11.2 Å². The van der Waals surface area contributed by atoms with Gasteiger partial charge in [-0.1, -0.05) is 129 Å². The molecule has 0 saturated carbocycles. The smallest absolute Gasteiger partial charge is 0.550 e. The number of unbranched alkanes of at least 4 members (excludes halogenated alkanes) is 18. The van der Waals surface area contributed by atoms with Gasteiger partial charge in [0.2, 0.25) is 0 Å². The van der Waals surface area contributed by atoms with Crippen molar-refractivity contribution < 1.29 is 38.9 Å². The third-order valence-corrected chi connectivity index (χ3v) is 7.62. The van der Waals surface area contributed by atoms with Gasteiger partial charge in [-0.3, -0.25) is 9.59 Å². The second kappa shape index (κ2) is 31.3. The summed E-state index contributed by atoms with van der Waals surface area (Å²) in [4.78, 5) is 43.3. The number of rotatable bonds is 28. The molecule has 45 heavy (non-hydrogen) atoms. The predicted molar refractivity (Wildman–Crippen MR) is 178 cm³/mol. The number of carbonyl (C=O) groups excluding carboxylic acids is 4. The molecule has 0 atom stereocenters. The van der Waals surface area contributed by atoms with E-state index in [1.165, 1.54) is 103 Å². The largest absolute Gasteiger partial charge is 2.00 e. The Labute approximate surface area is 291 Å². The molecule has 260 valence electrons. The third kappa shape index (κ3) is 38.7. The number of hydrogen-bond donors (Lipinski definition) is 0. The molecule has 0 N–H and O–H groups in total. The van der Waals surface area contributed by atoms with E-state index < -0.39 is 47.9 Å². The average Bonchev–Trinajstić information content (AvgIpc) is 2.89. The summed E-state index contributed by atoms with van der Waals surface area (Å²) in [6, 6.07) is 0. The van der Waals surface area contributed by atoms with Crippen LogP contribution in [0.3, 0.4) is 0 Å². The molecule has 0 aromatic carbocycles. The maximum Gasteiger partial charge on any atom is 2.00 e. The number of carboxylic acid groups (broad SMARTS) is 2. The zero-order chi connectivity index (χ0) is 33.7. The summed E-state index contributed by atoms with van der Waals surface area (Å²) in [5, 5.41) is 20.7. The number of esters is 2. The Bertz CT molecular complexity index is 689. The fourth-order valence-electron chi connectivity index (χ4n) is 5.10. The topological polar surface area (TPSA) is 133 Å². The zero-order valence-electron chi connectivity index (χ0n) is 29.9. The molecular formula is C36H66MgO8. The summed E-state index contributed by atoms with van der Waals surface area (Å²) >= 11 is 0. The third-order valence-electron chi connectivity index (χ3n) is 7.62. The van der Waals surface area contributed by atoms with Crippen LogP contribution < -0.4 is 10.2 Å². The summed E-state index contributed by atoms with van der Waals surface area (Å²) in [5.41, 5.74) is -1.18. The molecule has 0 aromatic rings. The first-order chi connectivity index (χ1) is 20.7. The van der Waals surface area contributed by atoms with E-state index in [4.69, 9.17) is 9.47 Å². The minimum atomic E-state index is -1.39. The number of carboxylic acids is 2. The van der Waals surface area contributed by atoms with Crippen molar-refractivity contribution >= 4 is 46.9 Å². The summed E-state index contributed by atoms with van der Waals surface area (Å²) in [5.74, 6) is -4.20. The van der Waals surface area contributed by atoms with Crippen molar-refractivity contribution in [2.75, 3.05) is 0 Å². The Hall–Kier alpha value is -1.35. The van der Waals surface area contributed by atoms with Crippen molar-refractivity contribution in [2.24, 2.45) is 0 Å². The van der Waals surface area contributed by atoms with Crippen molar-refractivity contribution in [2.45, 2.75) is 207 Å². The van der Waals surface area contributed by atoms with Gasteiger partial charge in [0.15, 0.2) is 0 Å². The van der Waals surface area contributed by atoms with Gasteiger partial charge in [0.05, 0.1) is 24.8 Å². The van der Waals surface area contributed by atoms with Crippen LogP contribution in [-0.4, -0.2) is 58.1 Å². The second-order valence-corrected chi connectivity index (χ2v) is 13.4. The van der Waals surface area contributed by atoms with Crippen LogP contribution in [0.15, 0.2) is 0 Å². The maximum atomic E-state index is 11.3. The fraction of sp³-hybridized carbons (Fsp3) is 0.889. The molecule has 0 fully saturated rings. The van der Waals surface area contributed by atoms with Crippen LogP contribution in [0.25, 0.3) is 0 Å². The van der Waals surface area contributed by atoms with E-state index in [-0.39, 0.29) is 23.1 Å². The van der Waals surface area contributed by atoms with Gasteiger partial charge < -0.3 is 29.3 Å². The van der Waals surface area contributed by atoms with E-state index in [0.29, 0.717) is 0 Å². The molecule has 9 heteroatoms. The molecule has 0 saturated heterocycles. The van der Waals surface area contributed by atoms with Gasteiger partial charge in [-0.2, -0.15) is 0 Å². The van der Waals surface area contributed by atoms with Gasteiger partial charge in [0.25, 0.3) is 0 Å². The van der Waals surface area contributed by atoms with Crippen LogP contribution in [0.1, 0.15) is 196 Å². The molecule has 0 unspecified atom stereocenters. The molecule has 0 aliphatic carbocycles. The van der Waals surface area contributed by atoms with Crippen molar-refractivity contribution in [3.8, 4) is 0 Å². The Morgan fingerprint density at radius 3 is 0.889 bits per heavy atom. The van der Waals surface area contributed by atoms with E-state index in [1.54, 1.807) is 0 Å². The Morgan fingerprint density at radius 2 is 0.667 bits per heavy atom. The first-order valence-corrected chi connectivity index (χ1v) is 17.6. The number of ether oxygens (including phenoxy) is 2. The Balaban J connectivity index is -0.000000767. The minimum absolute atomic E-state index is 0. The molecular weight excluding hydrogens is 585 g/mol. The van der Waals surface area contributed by atoms with Gasteiger partial charge in [-0.05, 0) is 53.4 Å². The molecule has 0 aromatic heterocycles. The molecule has 0 radical (unpaired) electrons. The van der Waals surface area contributed by atoms with Crippen LogP contribution in [-0.2, 0) is 28.7 Å². The maximum absolute atomic E-state index is 11.3. The van der Waals surface area contributed by atoms with Crippen molar-refractivity contribution in [1.29, 1.82) is 0 Å². The van der Waals surface area contributed by atoms with Crippen LogP contribution in [0.2, 0.25) is 0 Å². The molecule has 0 heterocycles. The summed E-state index contributed by atoms with van der Waals surface area (Å²) < 4.78 is 10.3.